The average molecular weight is 225 g/mol. The van der Waals surface area contributed by atoms with Gasteiger partial charge in [-0.1, -0.05) is 19.1 Å². The average Bonchev–Trinajstić information content (AvgIpc) is 2.29. The molecule has 2 nitrogen and oxygen atoms in total. The number of ether oxygens (including phenoxy) is 1. The van der Waals surface area contributed by atoms with E-state index in [0.29, 0.717) is 5.92 Å². The normalized spacial score (nSPS) is 14.8. The first-order valence-electron chi connectivity index (χ1n) is 5.62. The van der Waals surface area contributed by atoms with Gasteiger partial charge in [0, 0.05) is 19.8 Å². The third-order valence-corrected chi connectivity index (χ3v) is 2.89. The lowest BCUT2D eigenvalue weighted by molar-refractivity contribution is 0.174. The van der Waals surface area contributed by atoms with Crippen LogP contribution in [0.3, 0.4) is 0 Å². The highest BCUT2D eigenvalue weighted by molar-refractivity contribution is 5.17. The highest BCUT2D eigenvalue weighted by atomic mass is 19.1. The summed E-state index contributed by atoms with van der Waals surface area (Å²) >= 11 is 0. The van der Waals surface area contributed by atoms with E-state index in [4.69, 9.17) is 10.5 Å². The second-order valence-electron chi connectivity index (χ2n) is 4.25. The minimum absolute atomic E-state index is 0.0978. The van der Waals surface area contributed by atoms with Gasteiger partial charge in [-0.3, -0.25) is 0 Å². The molecule has 2 unspecified atom stereocenters. The molecule has 0 aliphatic carbocycles. The summed E-state index contributed by atoms with van der Waals surface area (Å²) in [6, 6.07) is 6.63. The van der Waals surface area contributed by atoms with Crippen molar-refractivity contribution in [2.75, 3.05) is 13.7 Å². The number of benzene rings is 1. The van der Waals surface area contributed by atoms with Crippen molar-refractivity contribution >= 4 is 0 Å². The Hall–Kier alpha value is -0.930. The molecule has 0 bridgehead atoms. The second kappa shape index (κ2) is 6.61. The van der Waals surface area contributed by atoms with Gasteiger partial charge in [-0.05, 0) is 36.5 Å². The minimum atomic E-state index is -0.204. The molecule has 2 atom stereocenters. The number of rotatable bonds is 6. The Labute approximate surface area is 96.6 Å². The molecule has 90 valence electrons. The Morgan fingerprint density at radius 2 is 1.94 bits per heavy atom. The van der Waals surface area contributed by atoms with Gasteiger partial charge in [0.05, 0.1) is 0 Å². The predicted octanol–water partition coefficient (Wildman–Crippen LogP) is 2.37. The summed E-state index contributed by atoms with van der Waals surface area (Å²) in [6.45, 7) is 2.85. The Bertz CT molecular complexity index is 299. The molecule has 1 rings (SSSR count). The lowest BCUT2D eigenvalue weighted by atomic mass is 9.93. The van der Waals surface area contributed by atoms with Crippen LogP contribution >= 0.6 is 0 Å². The monoisotopic (exact) mass is 225 g/mol. The van der Waals surface area contributed by atoms with Crippen LogP contribution in [0.15, 0.2) is 24.3 Å². The van der Waals surface area contributed by atoms with Crippen LogP contribution < -0.4 is 5.73 Å². The quantitative estimate of drug-likeness (QED) is 0.806. The molecule has 0 fully saturated rings. The molecule has 1 aromatic carbocycles. The molecule has 0 saturated heterocycles. The summed E-state index contributed by atoms with van der Waals surface area (Å²) in [6.07, 6.45) is 1.74. The van der Waals surface area contributed by atoms with Crippen molar-refractivity contribution in [1.82, 2.24) is 0 Å². The van der Waals surface area contributed by atoms with E-state index in [2.05, 4.69) is 6.92 Å². The fourth-order valence-electron chi connectivity index (χ4n) is 1.61. The van der Waals surface area contributed by atoms with Crippen LogP contribution in [-0.2, 0) is 11.2 Å². The zero-order valence-corrected chi connectivity index (χ0v) is 9.95. The molecule has 0 spiro atoms. The van der Waals surface area contributed by atoms with E-state index in [1.165, 1.54) is 12.1 Å². The van der Waals surface area contributed by atoms with Gasteiger partial charge in [-0.2, -0.15) is 0 Å². The Morgan fingerprint density at radius 3 is 2.50 bits per heavy atom. The number of nitrogens with two attached hydrogens (primary N) is 1. The van der Waals surface area contributed by atoms with Gasteiger partial charge in [0.1, 0.15) is 5.82 Å². The van der Waals surface area contributed by atoms with E-state index in [-0.39, 0.29) is 11.9 Å². The van der Waals surface area contributed by atoms with Crippen LogP contribution in [0, 0.1) is 11.7 Å². The van der Waals surface area contributed by atoms with Crippen LogP contribution in [0.1, 0.15) is 18.9 Å². The van der Waals surface area contributed by atoms with Gasteiger partial charge in [0.15, 0.2) is 0 Å². The van der Waals surface area contributed by atoms with Crippen LogP contribution in [0.2, 0.25) is 0 Å². The summed E-state index contributed by atoms with van der Waals surface area (Å²) in [7, 11) is 1.69. The van der Waals surface area contributed by atoms with Gasteiger partial charge in [-0.25, -0.2) is 4.39 Å². The van der Waals surface area contributed by atoms with Crippen molar-refractivity contribution in [3.63, 3.8) is 0 Å². The summed E-state index contributed by atoms with van der Waals surface area (Å²) in [5, 5.41) is 0. The fourth-order valence-corrected chi connectivity index (χ4v) is 1.61. The molecule has 0 heterocycles. The smallest absolute Gasteiger partial charge is 0.123 e. The third-order valence-electron chi connectivity index (χ3n) is 2.89. The van der Waals surface area contributed by atoms with Crippen LogP contribution in [0.25, 0.3) is 0 Å². The van der Waals surface area contributed by atoms with Crippen molar-refractivity contribution in [3.8, 4) is 0 Å². The Kier molecular flexibility index (Phi) is 5.43. The van der Waals surface area contributed by atoms with Crippen molar-refractivity contribution in [1.29, 1.82) is 0 Å². The van der Waals surface area contributed by atoms with Gasteiger partial charge in [0.25, 0.3) is 0 Å². The van der Waals surface area contributed by atoms with Crippen LogP contribution in [0.4, 0.5) is 4.39 Å². The van der Waals surface area contributed by atoms with E-state index >= 15 is 0 Å². The molecule has 3 heteroatoms. The summed E-state index contributed by atoms with van der Waals surface area (Å²) in [5.41, 5.74) is 7.16. The fraction of sp³-hybridized carbons (Fsp3) is 0.538. The molecular weight excluding hydrogens is 205 g/mol. The highest BCUT2D eigenvalue weighted by Gasteiger charge is 2.12. The molecule has 1 aromatic rings. The molecule has 0 aliphatic rings. The lowest BCUT2D eigenvalue weighted by Gasteiger charge is -2.19. The van der Waals surface area contributed by atoms with Crippen LogP contribution in [-0.4, -0.2) is 19.8 Å². The van der Waals surface area contributed by atoms with E-state index in [0.717, 1.165) is 25.0 Å². The van der Waals surface area contributed by atoms with Gasteiger partial charge >= 0.3 is 0 Å². The van der Waals surface area contributed by atoms with Crippen molar-refractivity contribution in [2.45, 2.75) is 25.8 Å². The summed E-state index contributed by atoms with van der Waals surface area (Å²) < 4.78 is 17.7. The first-order valence-corrected chi connectivity index (χ1v) is 5.62. The second-order valence-corrected chi connectivity index (χ2v) is 4.25. The van der Waals surface area contributed by atoms with E-state index < -0.39 is 0 Å². The molecule has 0 aromatic heterocycles. The molecule has 0 aliphatic heterocycles. The predicted molar refractivity (Wildman–Crippen MR) is 63.7 cm³/mol. The van der Waals surface area contributed by atoms with E-state index in [1.807, 2.05) is 0 Å². The number of hydrogen-bond donors (Lipinski definition) is 1. The van der Waals surface area contributed by atoms with Crippen LogP contribution in [0.5, 0.6) is 0 Å². The summed E-state index contributed by atoms with van der Waals surface area (Å²) in [4.78, 5) is 0. The molecule has 0 amide bonds. The lowest BCUT2D eigenvalue weighted by Crippen LogP contribution is -2.31. The number of methoxy groups -OCH3 is 1. The SMILES string of the molecule is COCCC(C)C(N)Cc1ccc(F)cc1. The first-order chi connectivity index (χ1) is 7.63. The minimum Gasteiger partial charge on any atom is -0.385 e. The van der Waals surface area contributed by atoms with E-state index in [9.17, 15) is 4.39 Å². The van der Waals surface area contributed by atoms with Gasteiger partial charge < -0.3 is 10.5 Å². The topological polar surface area (TPSA) is 35.2 Å². The molecule has 0 saturated carbocycles. The van der Waals surface area contributed by atoms with Gasteiger partial charge in [0.2, 0.25) is 0 Å². The van der Waals surface area contributed by atoms with Crippen molar-refractivity contribution in [3.05, 3.63) is 35.6 Å². The zero-order chi connectivity index (χ0) is 12.0. The Balaban J connectivity index is 2.43. The number of hydrogen-bond acceptors (Lipinski definition) is 2. The first kappa shape index (κ1) is 13.1. The maximum atomic E-state index is 12.7. The number of halogens is 1. The standard InChI is InChI=1S/C13H20FNO/c1-10(7-8-16-2)13(15)9-11-3-5-12(14)6-4-11/h3-6,10,13H,7-9,15H2,1-2H3. The third kappa shape index (κ3) is 4.29. The molecular formula is C13H20FNO. The molecule has 0 radical (unpaired) electrons. The largest absolute Gasteiger partial charge is 0.385 e. The Morgan fingerprint density at radius 1 is 1.31 bits per heavy atom. The highest BCUT2D eigenvalue weighted by Crippen LogP contribution is 2.12. The van der Waals surface area contributed by atoms with E-state index in [1.54, 1.807) is 19.2 Å². The van der Waals surface area contributed by atoms with Gasteiger partial charge in [-0.15, -0.1) is 0 Å². The maximum absolute atomic E-state index is 12.7. The van der Waals surface area contributed by atoms with Crippen molar-refractivity contribution in [2.24, 2.45) is 11.7 Å². The zero-order valence-electron chi connectivity index (χ0n) is 9.95. The maximum Gasteiger partial charge on any atom is 0.123 e. The summed E-state index contributed by atoms with van der Waals surface area (Å²) in [5.74, 6) is 0.203. The van der Waals surface area contributed by atoms with Crippen molar-refractivity contribution < 1.29 is 9.13 Å². The molecule has 16 heavy (non-hydrogen) atoms. The molecule has 2 N–H and O–H groups in total.